The molecule has 132 valence electrons. The molecule has 0 radical (unpaired) electrons. The molecule has 3 rings (SSSR count). The van der Waals surface area contributed by atoms with Gasteiger partial charge in [0.05, 0.1) is 24.6 Å². The second-order valence-corrected chi connectivity index (χ2v) is 6.08. The molecular weight excluding hydrogens is 320 g/mol. The lowest BCUT2D eigenvalue weighted by Gasteiger charge is -2.22. The first kappa shape index (κ1) is 16.9. The van der Waals surface area contributed by atoms with Crippen LogP contribution in [-0.2, 0) is 4.79 Å². The molecule has 0 spiro atoms. The highest BCUT2D eigenvalue weighted by Gasteiger charge is 2.15. The van der Waals surface area contributed by atoms with Crippen LogP contribution >= 0.6 is 0 Å². The quantitative estimate of drug-likeness (QED) is 0.772. The fourth-order valence-electron chi connectivity index (χ4n) is 2.89. The molecule has 0 atom stereocenters. The van der Waals surface area contributed by atoms with Gasteiger partial charge in [-0.05, 0) is 37.1 Å². The maximum absolute atomic E-state index is 11.9. The van der Waals surface area contributed by atoms with Gasteiger partial charge in [-0.1, -0.05) is 19.3 Å². The standard InChI is InChI=1S/C17H22N6O2/c24-16(21-13-4-2-1-3-5-13)12-18-17(25)22-14-6-8-15(9-7-14)23-19-10-11-20-23/h6-11,13H,1-5,12H2,(H,21,24)(H2,18,22,25). The van der Waals surface area contributed by atoms with Gasteiger partial charge in [0, 0.05) is 11.7 Å². The predicted octanol–water partition coefficient (Wildman–Crippen LogP) is 1.84. The molecule has 1 fully saturated rings. The van der Waals surface area contributed by atoms with Gasteiger partial charge in [-0.3, -0.25) is 4.79 Å². The first-order valence-electron chi connectivity index (χ1n) is 8.52. The summed E-state index contributed by atoms with van der Waals surface area (Å²) in [5.74, 6) is -0.151. The summed E-state index contributed by atoms with van der Waals surface area (Å²) >= 11 is 0. The SMILES string of the molecule is O=C(CNC(=O)Nc1ccc(-n2nccn2)cc1)NC1CCCCC1. The van der Waals surface area contributed by atoms with Gasteiger partial charge >= 0.3 is 6.03 Å². The first-order chi connectivity index (χ1) is 12.2. The first-order valence-corrected chi connectivity index (χ1v) is 8.52. The van der Waals surface area contributed by atoms with Gasteiger partial charge in [-0.2, -0.15) is 15.0 Å². The van der Waals surface area contributed by atoms with Gasteiger partial charge in [0.25, 0.3) is 0 Å². The van der Waals surface area contributed by atoms with Crippen molar-refractivity contribution in [3.63, 3.8) is 0 Å². The molecule has 3 N–H and O–H groups in total. The molecule has 2 aromatic rings. The van der Waals surface area contributed by atoms with Crippen molar-refractivity contribution >= 4 is 17.6 Å². The molecule has 25 heavy (non-hydrogen) atoms. The van der Waals surface area contributed by atoms with E-state index in [1.54, 1.807) is 36.7 Å². The maximum atomic E-state index is 11.9. The van der Waals surface area contributed by atoms with Crippen LogP contribution in [0.25, 0.3) is 5.69 Å². The minimum Gasteiger partial charge on any atom is -0.352 e. The molecule has 1 heterocycles. The Morgan fingerprint density at radius 2 is 1.72 bits per heavy atom. The van der Waals surface area contributed by atoms with Crippen molar-refractivity contribution < 1.29 is 9.59 Å². The fourth-order valence-corrected chi connectivity index (χ4v) is 2.89. The number of carbonyl (C=O) groups is 2. The van der Waals surface area contributed by atoms with Crippen LogP contribution in [-0.4, -0.2) is 39.5 Å². The zero-order valence-electron chi connectivity index (χ0n) is 13.9. The second kappa shape index (κ2) is 8.27. The van der Waals surface area contributed by atoms with Crippen LogP contribution in [0.1, 0.15) is 32.1 Å². The lowest BCUT2D eigenvalue weighted by atomic mass is 9.95. The summed E-state index contributed by atoms with van der Waals surface area (Å²) in [6.45, 7) is -0.0301. The Hall–Kier alpha value is -2.90. The van der Waals surface area contributed by atoms with Crippen LogP contribution in [0.3, 0.4) is 0 Å². The van der Waals surface area contributed by atoms with Crippen LogP contribution in [0.15, 0.2) is 36.7 Å². The number of nitrogens with zero attached hydrogens (tertiary/aromatic N) is 3. The minimum absolute atomic E-state index is 0.0301. The molecule has 1 aromatic carbocycles. The predicted molar refractivity (Wildman–Crippen MR) is 93.4 cm³/mol. The summed E-state index contributed by atoms with van der Waals surface area (Å²) in [6.07, 6.45) is 8.79. The zero-order valence-corrected chi connectivity index (χ0v) is 13.9. The van der Waals surface area contributed by atoms with Crippen molar-refractivity contribution in [1.29, 1.82) is 0 Å². The van der Waals surface area contributed by atoms with Crippen molar-refractivity contribution in [3.8, 4) is 5.69 Å². The average molecular weight is 342 g/mol. The highest BCUT2D eigenvalue weighted by atomic mass is 16.2. The topological polar surface area (TPSA) is 101 Å². The smallest absolute Gasteiger partial charge is 0.319 e. The van der Waals surface area contributed by atoms with E-state index in [4.69, 9.17) is 0 Å². The zero-order chi connectivity index (χ0) is 17.5. The molecule has 0 unspecified atom stereocenters. The molecule has 0 aliphatic heterocycles. The largest absolute Gasteiger partial charge is 0.352 e. The molecule has 0 bridgehead atoms. The number of hydrogen-bond acceptors (Lipinski definition) is 4. The van der Waals surface area contributed by atoms with Crippen LogP contribution < -0.4 is 16.0 Å². The Bertz CT molecular complexity index is 692. The second-order valence-electron chi connectivity index (χ2n) is 6.08. The Morgan fingerprint density at radius 1 is 1.04 bits per heavy atom. The molecule has 1 aliphatic carbocycles. The third-order valence-electron chi connectivity index (χ3n) is 4.15. The normalized spacial score (nSPS) is 14.7. The molecule has 3 amide bonds. The number of urea groups is 1. The molecule has 1 aromatic heterocycles. The number of nitrogens with one attached hydrogen (secondary N) is 3. The van der Waals surface area contributed by atoms with Gasteiger partial charge in [0.2, 0.25) is 5.91 Å². The summed E-state index contributed by atoms with van der Waals surface area (Å²) < 4.78 is 0. The summed E-state index contributed by atoms with van der Waals surface area (Å²) in [6, 6.07) is 6.93. The van der Waals surface area contributed by atoms with Crippen molar-refractivity contribution in [3.05, 3.63) is 36.7 Å². The fraction of sp³-hybridized carbons (Fsp3) is 0.412. The van der Waals surface area contributed by atoms with E-state index in [0.717, 1.165) is 31.4 Å². The van der Waals surface area contributed by atoms with Crippen molar-refractivity contribution in [2.45, 2.75) is 38.1 Å². The summed E-state index contributed by atoms with van der Waals surface area (Å²) in [5, 5.41) is 16.3. The van der Waals surface area contributed by atoms with Crippen molar-refractivity contribution in [2.75, 3.05) is 11.9 Å². The Labute approximate surface area is 146 Å². The van der Waals surface area contributed by atoms with Gasteiger partial charge < -0.3 is 16.0 Å². The Morgan fingerprint density at radius 3 is 2.40 bits per heavy atom. The van der Waals surface area contributed by atoms with Gasteiger partial charge in [-0.25, -0.2) is 4.79 Å². The number of hydrogen-bond donors (Lipinski definition) is 3. The minimum atomic E-state index is -0.413. The number of amides is 3. The van der Waals surface area contributed by atoms with E-state index in [1.807, 2.05) is 0 Å². The van der Waals surface area contributed by atoms with Gasteiger partial charge in [0.15, 0.2) is 0 Å². The molecule has 0 saturated heterocycles. The molecular formula is C17H22N6O2. The summed E-state index contributed by atoms with van der Waals surface area (Å²) in [5.41, 5.74) is 1.42. The van der Waals surface area contributed by atoms with E-state index in [0.29, 0.717) is 5.69 Å². The lowest BCUT2D eigenvalue weighted by molar-refractivity contribution is -0.120. The van der Waals surface area contributed by atoms with Crippen LogP contribution in [0, 0.1) is 0 Å². The molecule has 8 nitrogen and oxygen atoms in total. The lowest BCUT2D eigenvalue weighted by Crippen LogP contribution is -2.43. The van der Waals surface area contributed by atoms with Crippen molar-refractivity contribution in [2.24, 2.45) is 0 Å². The maximum Gasteiger partial charge on any atom is 0.319 e. The third kappa shape index (κ3) is 5.03. The summed E-state index contributed by atoms with van der Waals surface area (Å²) in [4.78, 5) is 25.3. The molecule has 1 aliphatic rings. The monoisotopic (exact) mass is 342 g/mol. The van der Waals surface area contributed by atoms with Crippen LogP contribution in [0.2, 0.25) is 0 Å². The number of aromatic nitrogens is 3. The average Bonchev–Trinajstić information content (AvgIpc) is 3.16. The number of benzene rings is 1. The van der Waals surface area contributed by atoms with E-state index >= 15 is 0 Å². The van der Waals surface area contributed by atoms with Crippen molar-refractivity contribution in [1.82, 2.24) is 25.6 Å². The number of carbonyl (C=O) groups excluding carboxylic acids is 2. The third-order valence-corrected chi connectivity index (χ3v) is 4.15. The highest BCUT2D eigenvalue weighted by molar-refractivity contribution is 5.92. The summed E-state index contributed by atoms with van der Waals surface area (Å²) in [7, 11) is 0. The van der Waals surface area contributed by atoms with E-state index in [2.05, 4.69) is 26.1 Å². The Balaban J connectivity index is 1.42. The number of rotatable bonds is 5. The van der Waals surface area contributed by atoms with Crippen LogP contribution in [0.4, 0.5) is 10.5 Å². The van der Waals surface area contributed by atoms with Gasteiger partial charge in [0.1, 0.15) is 0 Å². The van der Waals surface area contributed by atoms with E-state index < -0.39 is 6.03 Å². The van der Waals surface area contributed by atoms with E-state index in [-0.39, 0.29) is 18.5 Å². The molecule has 8 heteroatoms. The van der Waals surface area contributed by atoms with E-state index in [9.17, 15) is 9.59 Å². The van der Waals surface area contributed by atoms with E-state index in [1.165, 1.54) is 11.2 Å². The Kier molecular flexibility index (Phi) is 5.61. The van der Waals surface area contributed by atoms with Crippen LogP contribution in [0.5, 0.6) is 0 Å². The highest BCUT2D eigenvalue weighted by Crippen LogP contribution is 2.17. The number of anilines is 1. The van der Waals surface area contributed by atoms with Gasteiger partial charge in [-0.15, -0.1) is 0 Å². The molecule has 1 saturated carbocycles.